The first-order chi connectivity index (χ1) is 15.5. The Morgan fingerprint density at radius 1 is 0.938 bits per heavy atom. The summed E-state index contributed by atoms with van der Waals surface area (Å²) in [6, 6.07) is 21.9. The standard InChI is InChI=1S/C25H26FN3O3/c1-19-8-12-21(13-9-19)28-25(31)29(22-14-10-20(26)11-15-22)17-5-16-27-24(30)18-32-23-6-3-2-4-7-23/h2-4,6-15H,5,16-18H2,1H3,(H,27,30)(H,28,31). The van der Waals surface area contributed by atoms with Gasteiger partial charge in [0.05, 0.1) is 0 Å². The van der Waals surface area contributed by atoms with E-state index in [1.807, 2.05) is 49.4 Å². The minimum atomic E-state index is -0.377. The first kappa shape index (κ1) is 22.8. The number of ether oxygens (including phenoxy) is 1. The molecule has 6 nitrogen and oxygen atoms in total. The van der Waals surface area contributed by atoms with E-state index in [1.54, 1.807) is 24.3 Å². The van der Waals surface area contributed by atoms with Crippen LogP contribution in [0.1, 0.15) is 12.0 Å². The molecule has 0 fully saturated rings. The van der Waals surface area contributed by atoms with Gasteiger partial charge in [-0.2, -0.15) is 0 Å². The fourth-order valence-electron chi connectivity index (χ4n) is 2.98. The number of nitrogens with zero attached hydrogens (tertiary/aromatic N) is 1. The number of hydrogen-bond donors (Lipinski definition) is 2. The molecule has 0 unspecified atom stereocenters. The Morgan fingerprint density at radius 2 is 1.62 bits per heavy atom. The summed E-state index contributed by atoms with van der Waals surface area (Å²) in [4.78, 5) is 26.4. The van der Waals surface area contributed by atoms with E-state index in [2.05, 4.69) is 10.6 Å². The molecule has 32 heavy (non-hydrogen) atoms. The van der Waals surface area contributed by atoms with Gasteiger partial charge in [-0.1, -0.05) is 35.9 Å². The maximum atomic E-state index is 13.3. The summed E-state index contributed by atoms with van der Waals surface area (Å²) in [6.07, 6.45) is 0.510. The summed E-state index contributed by atoms with van der Waals surface area (Å²) in [5.41, 5.74) is 2.32. The third-order valence-electron chi connectivity index (χ3n) is 4.68. The smallest absolute Gasteiger partial charge is 0.326 e. The van der Waals surface area contributed by atoms with Crippen molar-refractivity contribution in [1.82, 2.24) is 5.32 Å². The van der Waals surface area contributed by atoms with Crippen LogP contribution in [0, 0.1) is 12.7 Å². The molecule has 2 N–H and O–H groups in total. The molecule has 0 heterocycles. The number of anilines is 2. The van der Waals surface area contributed by atoms with Gasteiger partial charge in [-0.3, -0.25) is 9.69 Å². The van der Waals surface area contributed by atoms with Gasteiger partial charge in [0.1, 0.15) is 11.6 Å². The highest BCUT2D eigenvalue weighted by Crippen LogP contribution is 2.18. The van der Waals surface area contributed by atoms with Crippen molar-refractivity contribution in [3.63, 3.8) is 0 Å². The molecule has 0 saturated heterocycles. The second kappa shape index (κ2) is 11.5. The minimum absolute atomic E-state index is 0.0837. The van der Waals surface area contributed by atoms with Crippen LogP contribution in [0.25, 0.3) is 0 Å². The quantitative estimate of drug-likeness (QED) is 0.476. The fraction of sp³-hybridized carbons (Fsp3) is 0.200. The monoisotopic (exact) mass is 435 g/mol. The Labute approximate surface area is 187 Å². The van der Waals surface area contributed by atoms with E-state index in [4.69, 9.17) is 4.74 Å². The van der Waals surface area contributed by atoms with Crippen molar-refractivity contribution in [1.29, 1.82) is 0 Å². The highest BCUT2D eigenvalue weighted by atomic mass is 19.1. The van der Waals surface area contributed by atoms with Gasteiger partial charge in [0.2, 0.25) is 0 Å². The van der Waals surface area contributed by atoms with Crippen molar-refractivity contribution in [2.24, 2.45) is 0 Å². The van der Waals surface area contributed by atoms with E-state index in [0.717, 1.165) is 5.56 Å². The summed E-state index contributed by atoms with van der Waals surface area (Å²) >= 11 is 0. The van der Waals surface area contributed by atoms with E-state index in [-0.39, 0.29) is 24.4 Å². The lowest BCUT2D eigenvalue weighted by molar-refractivity contribution is -0.123. The predicted molar refractivity (Wildman–Crippen MR) is 124 cm³/mol. The first-order valence-corrected chi connectivity index (χ1v) is 10.4. The maximum absolute atomic E-state index is 13.3. The summed E-state index contributed by atoms with van der Waals surface area (Å²) < 4.78 is 18.8. The number of urea groups is 1. The van der Waals surface area contributed by atoms with Crippen molar-refractivity contribution in [2.45, 2.75) is 13.3 Å². The van der Waals surface area contributed by atoms with Crippen LogP contribution >= 0.6 is 0 Å². The summed E-state index contributed by atoms with van der Waals surface area (Å²) in [5.74, 6) is 0.00234. The molecule has 0 radical (unpaired) electrons. The number of para-hydroxylation sites is 1. The number of carbonyl (C=O) groups excluding carboxylic acids is 2. The Bertz CT molecular complexity index is 1010. The third-order valence-corrected chi connectivity index (χ3v) is 4.68. The zero-order chi connectivity index (χ0) is 22.8. The van der Waals surface area contributed by atoms with E-state index >= 15 is 0 Å². The summed E-state index contributed by atoms with van der Waals surface area (Å²) in [7, 11) is 0. The molecule has 0 spiro atoms. The molecule has 0 bridgehead atoms. The van der Waals surface area contributed by atoms with Crippen molar-refractivity contribution in [2.75, 3.05) is 29.9 Å². The van der Waals surface area contributed by atoms with E-state index < -0.39 is 0 Å². The van der Waals surface area contributed by atoms with Crippen molar-refractivity contribution in [3.8, 4) is 5.75 Å². The zero-order valence-corrected chi connectivity index (χ0v) is 17.9. The molecule has 0 aromatic heterocycles. The molecule has 3 aromatic rings. The van der Waals surface area contributed by atoms with Crippen LogP contribution in [0.2, 0.25) is 0 Å². The van der Waals surface area contributed by atoms with Gasteiger partial charge in [0.15, 0.2) is 6.61 Å². The third kappa shape index (κ3) is 7.12. The van der Waals surface area contributed by atoms with Crippen LogP contribution in [-0.2, 0) is 4.79 Å². The highest BCUT2D eigenvalue weighted by molar-refractivity contribution is 6.01. The number of halogens is 1. The van der Waals surface area contributed by atoms with Gasteiger partial charge < -0.3 is 15.4 Å². The van der Waals surface area contributed by atoms with E-state index in [1.165, 1.54) is 17.0 Å². The van der Waals surface area contributed by atoms with Gasteiger partial charge in [-0.05, 0) is 61.9 Å². The van der Waals surface area contributed by atoms with Crippen LogP contribution in [0.3, 0.4) is 0 Å². The normalized spacial score (nSPS) is 10.3. The van der Waals surface area contributed by atoms with Gasteiger partial charge in [0, 0.05) is 24.5 Å². The Hall–Kier alpha value is -3.87. The molecule has 3 rings (SSSR count). The number of hydrogen-bond acceptors (Lipinski definition) is 3. The Kier molecular flexibility index (Phi) is 8.20. The number of benzene rings is 3. The molecular weight excluding hydrogens is 409 g/mol. The molecule has 0 aliphatic carbocycles. The molecule has 0 aliphatic heterocycles. The largest absolute Gasteiger partial charge is 0.484 e. The molecule has 0 saturated carbocycles. The zero-order valence-electron chi connectivity index (χ0n) is 17.9. The van der Waals surface area contributed by atoms with Crippen LogP contribution in [0.15, 0.2) is 78.9 Å². The van der Waals surface area contributed by atoms with E-state index in [9.17, 15) is 14.0 Å². The maximum Gasteiger partial charge on any atom is 0.326 e. The topological polar surface area (TPSA) is 70.7 Å². The Balaban J connectivity index is 1.53. The molecule has 7 heteroatoms. The van der Waals surface area contributed by atoms with Crippen molar-refractivity contribution in [3.05, 3.63) is 90.2 Å². The van der Waals surface area contributed by atoms with Gasteiger partial charge >= 0.3 is 6.03 Å². The second-order valence-electron chi connectivity index (χ2n) is 7.23. The SMILES string of the molecule is Cc1ccc(NC(=O)N(CCCNC(=O)COc2ccccc2)c2ccc(F)cc2)cc1. The predicted octanol–water partition coefficient (Wildman–Crippen LogP) is 4.76. The van der Waals surface area contributed by atoms with Gasteiger partial charge in [-0.25, -0.2) is 9.18 Å². The van der Waals surface area contributed by atoms with E-state index in [0.29, 0.717) is 36.6 Å². The average molecular weight is 435 g/mol. The molecule has 3 aromatic carbocycles. The Morgan fingerprint density at radius 3 is 2.31 bits per heavy atom. The van der Waals surface area contributed by atoms with Gasteiger partial charge in [0.25, 0.3) is 5.91 Å². The van der Waals surface area contributed by atoms with Gasteiger partial charge in [-0.15, -0.1) is 0 Å². The molecule has 166 valence electrons. The molecular formula is C25H26FN3O3. The van der Waals surface area contributed by atoms with Crippen molar-refractivity contribution < 1.29 is 18.7 Å². The molecule has 0 aliphatic rings. The first-order valence-electron chi connectivity index (χ1n) is 10.4. The van der Waals surface area contributed by atoms with Crippen LogP contribution in [0.5, 0.6) is 5.75 Å². The number of amides is 3. The fourth-order valence-corrected chi connectivity index (χ4v) is 2.98. The summed E-state index contributed by atoms with van der Waals surface area (Å²) in [5, 5.41) is 5.64. The lowest BCUT2D eigenvalue weighted by Gasteiger charge is -2.23. The minimum Gasteiger partial charge on any atom is -0.484 e. The molecule has 3 amide bonds. The number of carbonyl (C=O) groups is 2. The lowest BCUT2D eigenvalue weighted by atomic mass is 10.2. The number of aryl methyl sites for hydroxylation is 1. The summed E-state index contributed by atoms with van der Waals surface area (Å²) in [6.45, 7) is 2.59. The van der Waals surface area contributed by atoms with Crippen LogP contribution in [0.4, 0.5) is 20.6 Å². The second-order valence-corrected chi connectivity index (χ2v) is 7.23. The van der Waals surface area contributed by atoms with Crippen LogP contribution < -0.4 is 20.3 Å². The lowest BCUT2D eigenvalue weighted by Crippen LogP contribution is -2.38. The van der Waals surface area contributed by atoms with Crippen LogP contribution in [-0.4, -0.2) is 31.6 Å². The average Bonchev–Trinajstić information content (AvgIpc) is 2.80. The molecule has 0 atom stereocenters. The van der Waals surface area contributed by atoms with Crippen molar-refractivity contribution >= 4 is 23.3 Å². The number of nitrogens with one attached hydrogen (secondary N) is 2. The number of rotatable bonds is 9. The highest BCUT2D eigenvalue weighted by Gasteiger charge is 2.16.